The highest BCUT2D eigenvalue weighted by molar-refractivity contribution is 7.89. The highest BCUT2D eigenvalue weighted by atomic mass is 32.2. The van der Waals surface area contributed by atoms with Gasteiger partial charge in [-0.15, -0.1) is 0 Å². The van der Waals surface area contributed by atoms with Gasteiger partial charge in [0.2, 0.25) is 15.9 Å². The first kappa shape index (κ1) is 27.7. The van der Waals surface area contributed by atoms with Crippen LogP contribution in [0.2, 0.25) is 0 Å². The summed E-state index contributed by atoms with van der Waals surface area (Å²) in [5.41, 5.74) is 1.24. The van der Waals surface area contributed by atoms with Gasteiger partial charge in [-0.2, -0.15) is 4.31 Å². The third-order valence-corrected chi connectivity index (χ3v) is 8.18. The monoisotopic (exact) mass is 551 g/mol. The van der Waals surface area contributed by atoms with Crippen LogP contribution >= 0.6 is 0 Å². The van der Waals surface area contributed by atoms with E-state index in [1.165, 1.54) is 24.1 Å². The van der Waals surface area contributed by atoms with Crippen LogP contribution in [0.1, 0.15) is 5.56 Å². The van der Waals surface area contributed by atoms with Crippen LogP contribution in [0, 0.1) is 0 Å². The number of hydrogen-bond donors (Lipinski definition) is 2. The zero-order valence-corrected chi connectivity index (χ0v) is 22.1. The molecule has 11 nitrogen and oxygen atoms in total. The summed E-state index contributed by atoms with van der Waals surface area (Å²) in [6, 6.07) is 17.1. The standard InChI is InChI=1S/C27H29N5O6S/c1-38-26(34)23(17-20-9-8-14-28-18-20)30-25(33)24-19-31(27(35)29-21-10-4-2-5-11-21)15-16-32(24)39(36,37)22-12-6-3-7-13-22/h2-14,18,23-24H,15-17,19H2,1H3,(H,29,35)(H,30,33)/t23-,24-/m1/s1. The molecule has 3 amide bonds. The van der Waals surface area contributed by atoms with Crippen molar-refractivity contribution >= 4 is 33.6 Å². The second-order valence-electron chi connectivity index (χ2n) is 8.84. The van der Waals surface area contributed by atoms with E-state index in [1.54, 1.807) is 67.0 Å². The fraction of sp³-hybridized carbons (Fsp3) is 0.259. The Hall–Kier alpha value is -4.29. The lowest BCUT2D eigenvalue weighted by atomic mass is 10.1. The molecule has 1 aliphatic rings. The maximum absolute atomic E-state index is 13.6. The van der Waals surface area contributed by atoms with Gasteiger partial charge in [0.25, 0.3) is 0 Å². The number of methoxy groups -OCH3 is 1. The highest BCUT2D eigenvalue weighted by Crippen LogP contribution is 2.23. The molecule has 4 rings (SSSR count). The molecule has 2 aromatic carbocycles. The quantitative estimate of drug-likeness (QED) is 0.408. The number of esters is 1. The fourth-order valence-electron chi connectivity index (χ4n) is 4.26. The lowest BCUT2D eigenvalue weighted by Crippen LogP contribution is -2.63. The number of sulfonamides is 1. The van der Waals surface area contributed by atoms with Crippen molar-refractivity contribution in [2.24, 2.45) is 0 Å². The number of nitrogens with zero attached hydrogens (tertiary/aromatic N) is 3. The van der Waals surface area contributed by atoms with Crippen molar-refractivity contribution in [3.05, 3.63) is 90.8 Å². The number of pyridine rings is 1. The Balaban J connectivity index is 1.60. The first-order chi connectivity index (χ1) is 18.8. The van der Waals surface area contributed by atoms with Gasteiger partial charge in [0, 0.05) is 44.1 Å². The second-order valence-corrected chi connectivity index (χ2v) is 10.7. The van der Waals surface area contributed by atoms with Crippen molar-refractivity contribution in [2.75, 3.05) is 32.1 Å². The minimum absolute atomic E-state index is 0.0184. The Bertz CT molecular complexity index is 1390. The van der Waals surface area contributed by atoms with E-state index < -0.39 is 40.0 Å². The number of carbonyl (C=O) groups excluding carboxylic acids is 3. The van der Waals surface area contributed by atoms with E-state index in [0.717, 1.165) is 4.31 Å². The van der Waals surface area contributed by atoms with Gasteiger partial charge in [0.15, 0.2) is 0 Å². The number of ether oxygens (including phenoxy) is 1. The summed E-state index contributed by atoms with van der Waals surface area (Å²) in [5.74, 6) is -1.43. The topological polar surface area (TPSA) is 138 Å². The summed E-state index contributed by atoms with van der Waals surface area (Å²) in [4.78, 5) is 44.6. The maximum atomic E-state index is 13.6. The molecule has 12 heteroatoms. The molecule has 2 N–H and O–H groups in total. The van der Waals surface area contributed by atoms with Crippen LogP contribution in [0.3, 0.4) is 0 Å². The molecule has 2 heterocycles. The number of urea groups is 1. The van der Waals surface area contributed by atoms with Crippen molar-refractivity contribution in [1.29, 1.82) is 0 Å². The number of para-hydroxylation sites is 1. The number of nitrogens with one attached hydrogen (secondary N) is 2. The van der Waals surface area contributed by atoms with Crippen LogP contribution in [0.25, 0.3) is 0 Å². The largest absolute Gasteiger partial charge is 0.467 e. The molecule has 2 atom stereocenters. The predicted molar refractivity (Wildman–Crippen MR) is 143 cm³/mol. The molecule has 39 heavy (non-hydrogen) atoms. The Morgan fingerprint density at radius 2 is 1.69 bits per heavy atom. The number of hydrogen-bond acceptors (Lipinski definition) is 7. The number of aromatic nitrogens is 1. The summed E-state index contributed by atoms with van der Waals surface area (Å²) in [5, 5.41) is 5.41. The van der Waals surface area contributed by atoms with Gasteiger partial charge in [0.1, 0.15) is 12.1 Å². The first-order valence-corrected chi connectivity index (χ1v) is 13.7. The van der Waals surface area contributed by atoms with E-state index in [0.29, 0.717) is 11.3 Å². The van der Waals surface area contributed by atoms with E-state index in [-0.39, 0.29) is 31.0 Å². The van der Waals surface area contributed by atoms with E-state index in [4.69, 9.17) is 4.74 Å². The summed E-state index contributed by atoms with van der Waals surface area (Å²) in [7, 11) is -2.90. The Morgan fingerprint density at radius 3 is 2.33 bits per heavy atom. The molecule has 1 fully saturated rings. The normalized spacial score (nSPS) is 16.6. The summed E-state index contributed by atoms with van der Waals surface area (Å²) in [6.45, 7) is -0.287. The Morgan fingerprint density at radius 1 is 1.00 bits per heavy atom. The smallest absolute Gasteiger partial charge is 0.328 e. The summed E-state index contributed by atoms with van der Waals surface area (Å²) >= 11 is 0. The van der Waals surface area contributed by atoms with Gasteiger partial charge in [0.05, 0.1) is 12.0 Å². The van der Waals surface area contributed by atoms with E-state index in [9.17, 15) is 22.8 Å². The third-order valence-electron chi connectivity index (χ3n) is 6.26. The lowest BCUT2D eigenvalue weighted by Gasteiger charge is -2.39. The van der Waals surface area contributed by atoms with Gasteiger partial charge in [-0.3, -0.25) is 9.78 Å². The number of rotatable bonds is 8. The van der Waals surface area contributed by atoms with Gasteiger partial charge in [-0.1, -0.05) is 42.5 Å². The number of anilines is 1. The lowest BCUT2D eigenvalue weighted by molar-refractivity contribution is -0.145. The molecule has 0 spiro atoms. The minimum Gasteiger partial charge on any atom is -0.467 e. The molecular weight excluding hydrogens is 522 g/mol. The predicted octanol–water partition coefficient (Wildman–Crippen LogP) is 1.89. The SMILES string of the molecule is COC(=O)[C@@H](Cc1cccnc1)NC(=O)[C@H]1CN(C(=O)Nc2ccccc2)CCN1S(=O)(=O)c1ccccc1. The molecule has 0 radical (unpaired) electrons. The van der Waals surface area contributed by atoms with Crippen LogP contribution in [0.4, 0.5) is 10.5 Å². The molecule has 1 saturated heterocycles. The van der Waals surface area contributed by atoms with Crippen molar-refractivity contribution < 1.29 is 27.5 Å². The molecular formula is C27H29N5O6S. The van der Waals surface area contributed by atoms with Crippen molar-refractivity contribution in [1.82, 2.24) is 19.5 Å². The molecule has 1 aromatic heterocycles. The third kappa shape index (κ3) is 6.78. The molecule has 0 saturated carbocycles. The van der Waals surface area contributed by atoms with Crippen LogP contribution in [-0.4, -0.2) is 79.3 Å². The van der Waals surface area contributed by atoms with Crippen molar-refractivity contribution in [3.8, 4) is 0 Å². The second kappa shape index (κ2) is 12.5. The van der Waals surface area contributed by atoms with Gasteiger partial charge >= 0.3 is 12.0 Å². The van der Waals surface area contributed by atoms with E-state index in [2.05, 4.69) is 15.6 Å². The maximum Gasteiger partial charge on any atom is 0.328 e. The minimum atomic E-state index is -4.10. The average Bonchev–Trinajstić information content (AvgIpc) is 2.97. The zero-order valence-electron chi connectivity index (χ0n) is 21.3. The van der Waals surface area contributed by atoms with Gasteiger partial charge < -0.3 is 20.3 Å². The molecule has 0 bridgehead atoms. The number of piperazine rings is 1. The van der Waals surface area contributed by atoms with Crippen molar-refractivity contribution in [2.45, 2.75) is 23.4 Å². The van der Waals surface area contributed by atoms with Crippen molar-refractivity contribution in [3.63, 3.8) is 0 Å². The van der Waals surface area contributed by atoms with Crippen LogP contribution < -0.4 is 10.6 Å². The summed E-state index contributed by atoms with van der Waals surface area (Å²) in [6.07, 6.45) is 3.23. The number of carbonyl (C=O) groups is 3. The zero-order chi connectivity index (χ0) is 27.8. The fourth-order valence-corrected chi connectivity index (χ4v) is 5.85. The van der Waals surface area contributed by atoms with Gasteiger partial charge in [-0.25, -0.2) is 18.0 Å². The molecule has 1 aliphatic heterocycles. The Kier molecular flexibility index (Phi) is 8.89. The van der Waals surface area contributed by atoms with Gasteiger partial charge in [-0.05, 0) is 35.9 Å². The number of amides is 3. The van der Waals surface area contributed by atoms with Crippen LogP contribution in [-0.2, 0) is 30.8 Å². The van der Waals surface area contributed by atoms with Crippen LogP contribution in [0.5, 0.6) is 0 Å². The number of benzene rings is 2. The molecule has 3 aromatic rings. The van der Waals surface area contributed by atoms with E-state index in [1.807, 2.05) is 6.07 Å². The Labute approximate surface area is 226 Å². The van der Waals surface area contributed by atoms with E-state index >= 15 is 0 Å². The molecule has 204 valence electrons. The highest BCUT2D eigenvalue weighted by Gasteiger charge is 2.42. The first-order valence-electron chi connectivity index (χ1n) is 12.2. The van der Waals surface area contributed by atoms with Crippen LogP contribution in [0.15, 0.2) is 90.1 Å². The molecule has 0 unspecified atom stereocenters. The molecule has 0 aliphatic carbocycles. The summed E-state index contributed by atoms with van der Waals surface area (Å²) < 4.78 is 33.1. The average molecular weight is 552 g/mol.